The number of benzene rings is 2. The minimum Gasteiger partial charge on any atom is -0.454 e. The summed E-state index contributed by atoms with van der Waals surface area (Å²) in [6, 6.07) is 14.2. The number of hydrogen-bond acceptors (Lipinski definition) is 4. The first-order chi connectivity index (χ1) is 14.6. The van der Waals surface area contributed by atoms with Crippen molar-refractivity contribution in [1.29, 1.82) is 0 Å². The summed E-state index contributed by atoms with van der Waals surface area (Å²) < 4.78 is 25.5. The predicted octanol–water partition coefficient (Wildman–Crippen LogP) is 3.73. The van der Waals surface area contributed by atoms with Gasteiger partial charge in [0.1, 0.15) is 5.75 Å². The number of nitrogens with zero attached hydrogens (tertiary/aromatic N) is 1. The topological polar surface area (TPSA) is 75.1 Å². The van der Waals surface area contributed by atoms with Gasteiger partial charge in [0.25, 0.3) is 0 Å². The van der Waals surface area contributed by atoms with E-state index in [4.69, 9.17) is 9.47 Å². The Morgan fingerprint density at radius 2 is 2.03 bits per heavy atom. The van der Waals surface area contributed by atoms with Gasteiger partial charge in [0.15, 0.2) is 17.5 Å². The Labute approximate surface area is 200 Å². The van der Waals surface area contributed by atoms with Gasteiger partial charge in [0, 0.05) is 38.8 Å². The van der Waals surface area contributed by atoms with Gasteiger partial charge in [-0.15, -0.1) is 24.0 Å². The molecule has 8 heteroatoms. The zero-order valence-corrected chi connectivity index (χ0v) is 20.1. The zero-order valence-electron chi connectivity index (χ0n) is 17.8. The molecule has 3 N–H and O–H groups in total. The van der Waals surface area contributed by atoms with E-state index in [9.17, 15) is 9.50 Å². The minimum absolute atomic E-state index is 0. The van der Waals surface area contributed by atoms with Crippen molar-refractivity contribution in [2.24, 2.45) is 10.4 Å². The second-order valence-electron chi connectivity index (χ2n) is 7.56. The fraction of sp³-hybridized carbons (Fsp3) is 0.435. The molecule has 3 rings (SSSR count). The molecule has 1 heterocycles. The standard InChI is InChI=1S/C23H30FN3O3.HI/c1-25-22(27-16-23(10-13-28)11-14-29-17-23)26-12-9-18-7-8-21(20(24)15-18)30-19-5-3-2-4-6-19;/h2-8,15,28H,9-14,16-17H2,1H3,(H2,25,26,27);1H. The molecule has 6 nitrogen and oxygen atoms in total. The van der Waals surface area contributed by atoms with E-state index in [1.165, 1.54) is 6.07 Å². The van der Waals surface area contributed by atoms with Crippen LogP contribution in [0.2, 0.25) is 0 Å². The Balaban J connectivity index is 0.00000341. The number of hydrogen-bond donors (Lipinski definition) is 3. The number of aliphatic hydroxyl groups excluding tert-OH is 1. The molecule has 0 aliphatic carbocycles. The van der Waals surface area contributed by atoms with Gasteiger partial charge >= 0.3 is 0 Å². The average molecular weight is 543 g/mol. The van der Waals surface area contributed by atoms with Crippen LogP contribution in [0.15, 0.2) is 53.5 Å². The Morgan fingerprint density at radius 3 is 2.68 bits per heavy atom. The molecule has 0 radical (unpaired) electrons. The Morgan fingerprint density at radius 1 is 1.23 bits per heavy atom. The lowest BCUT2D eigenvalue weighted by atomic mass is 9.84. The maximum absolute atomic E-state index is 14.4. The average Bonchev–Trinajstić information content (AvgIpc) is 3.22. The quantitative estimate of drug-likeness (QED) is 0.256. The number of aliphatic imine (C=N–C) groups is 1. The van der Waals surface area contributed by atoms with E-state index in [2.05, 4.69) is 15.6 Å². The highest BCUT2D eigenvalue weighted by molar-refractivity contribution is 14.0. The monoisotopic (exact) mass is 543 g/mol. The molecule has 1 atom stereocenters. The first-order valence-corrected chi connectivity index (χ1v) is 10.3. The summed E-state index contributed by atoms with van der Waals surface area (Å²) in [5.41, 5.74) is 0.821. The van der Waals surface area contributed by atoms with E-state index < -0.39 is 0 Å². The second kappa shape index (κ2) is 12.8. The Kier molecular flexibility index (Phi) is 10.5. The molecular formula is C23H31FIN3O3. The molecule has 0 spiro atoms. The molecule has 1 saturated heterocycles. The summed E-state index contributed by atoms with van der Waals surface area (Å²) in [5.74, 6) is 1.12. The van der Waals surface area contributed by atoms with Crippen molar-refractivity contribution < 1.29 is 19.0 Å². The number of nitrogens with one attached hydrogen (secondary N) is 2. The van der Waals surface area contributed by atoms with Crippen LogP contribution >= 0.6 is 24.0 Å². The van der Waals surface area contributed by atoms with E-state index in [0.29, 0.717) is 44.2 Å². The van der Waals surface area contributed by atoms with Crippen molar-refractivity contribution >= 4 is 29.9 Å². The number of ether oxygens (including phenoxy) is 2. The minimum atomic E-state index is -0.383. The summed E-state index contributed by atoms with van der Waals surface area (Å²) in [5, 5.41) is 15.9. The van der Waals surface area contributed by atoms with Crippen LogP contribution < -0.4 is 15.4 Å². The fourth-order valence-corrected chi connectivity index (χ4v) is 3.53. The predicted molar refractivity (Wildman–Crippen MR) is 131 cm³/mol. The Hall–Kier alpha value is -1.91. The van der Waals surface area contributed by atoms with Gasteiger partial charge in [0.05, 0.1) is 6.61 Å². The molecule has 0 saturated carbocycles. The SMILES string of the molecule is CN=C(NCCc1ccc(Oc2ccccc2)c(F)c1)NCC1(CCO)CCOC1.I. The molecule has 2 aromatic carbocycles. The Bertz CT molecular complexity index is 830. The summed E-state index contributed by atoms with van der Waals surface area (Å²) in [7, 11) is 1.72. The van der Waals surface area contributed by atoms with Crippen molar-refractivity contribution in [2.75, 3.05) is 40.0 Å². The molecule has 0 aromatic heterocycles. The van der Waals surface area contributed by atoms with Crippen molar-refractivity contribution in [3.63, 3.8) is 0 Å². The van der Waals surface area contributed by atoms with Crippen molar-refractivity contribution in [3.05, 3.63) is 59.9 Å². The van der Waals surface area contributed by atoms with Crippen molar-refractivity contribution in [3.8, 4) is 11.5 Å². The van der Waals surface area contributed by atoms with Gasteiger partial charge in [-0.25, -0.2) is 4.39 Å². The van der Waals surface area contributed by atoms with Crippen LogP contribution in [0.1, 0.15) is 18.4 Å². The van der Waals surface area contributed by atoms with Crippen LogP contribution in [0.25, 0.3) is 0 Å². The normalized spacial score (nSPS) is 18.4. The molecule has 0 bridgehead atoms. The zero-order chi connectivity index (χ0) is 21.2. The van der Waals surface area contributed by atoms with E-state index in [-0.39, 0.29) is 47.6 Å². The van der Waals surface area contributed by atoms with Gasteiger partial charge in [0.2, 0.25) is 0 Å². The van der Waals surface area contributed by atoms with Gasteiger partial charge in [-0.3, -0.25) is 4.99 Å². The number of halogens is 2. The number of guanidine groups is 1. The molecule has 1 aliphatic rings. The second-order valence-corrected chi connectivity index (χ2v) is 7.56. The summed E-state index contributed by atoms with van der Waals surface area (Å²) in [6.07, 6.45) is 2.27. The molecular weight excluding hydrogens is 512 g/mol. The molecule has 1 aliphatic heterocycles. The van der Waals surface area contributed by atoms with Gasteiger partial charge in [-0.2, -0.15) is 0 Å². The van der Waals surface area contributed by atoms with Gasteiger partial charge in [-0.05, 0) is 49.1 Å². The molecule has 0 amide bonds. The maximum atomic E-state index is 14.4. The van der Waals surface area contributed by atoms with Crippen molar-refractivity contribution in [2.45, 2.75) is 19.3 Å². The lowest BCUT2D eigenvalue weighted by Crippen LogP contribution is -2.45. The van der Waals surface area contributed by atoms with Gasteiger partial charge < -0.3 is 25.2 Å². The summed E-state index contributed by atoms with van der Waals surface area (Å²) in [6.45, 7) is 2.82. The molecule has 31 heavy (non-hydrogen) atoms. The molecule has 170 valence electrons. The smallest absolute Gasteiger partial charge is 0.191 e. The van der Waals surface area contributed by atoms with E-state index in [1.54, 1.807) is 25.2 Å². The lowest BCUT2D eigenvalue weighted by Gasteiger charge is -2.27. The molecule has 1 unspecified atom stereocenters. The van der Waals surface area contributed by atoms with Crippen LogP contribution in [-0.4, -0.2) is 51.0 Å². The number of para-hydroxylation sites is 1. The first kappa shape index (κ1) is 25.4. The molecule has 1 fully saturated rings. The highest BCUT2D eigenvalue weighted by atomic mass is 127. The summed E-state index contributed by atoms with van der Waals surface area (Å²) >= 11 is 0. The van der Waals surface area contributed by atoms with Crippen LogP contribution in [0.5, 0.6) is 11.5 Å². The summed E-state index contributed by atoms with van der Waals surface area (Å²) in [4.78, 5) is 4.25. The fourth-order valence-electron chi connectivity index (χ4n) is 3.53. The van der Waals surface area contributed by atoms with Crippen LogP contribution in [-0.2, 0) is 11.2 Å². The van der Waals surface area contributed by atoms with Crippen LogP contribution in [0.3, 0.4) is 0 Å². The van der Waals surface area contributed by atoms with Crippen LogP contribution in [0, 0.1) is 11.2 Å². The number of aliphatic hydroxyl groups is 1. The molecule has 2 aromatic rings. The number of rotatable bonds is 9. The highest BCUT2D eigenvalue weighted by Crippen LogP contribution is 2.31. The van der Waals surface area contributed by atoms with Crippen molar-refractivity contribution in [1.82, 2.24) is 10.6 Å². The third kappa shape index (κ3) is 7.62. The van der Waals surface area contributed by atoms with Crippen LogP contribution in [0.4, 0.5) is 4.39 Å². The van der Waals surface area contributed by atoms with E-state index in [0.717, 1.165) is 18.6 Å². The first-order valence-electron chi connectivity index (χ1n) is 10.3. The maximum Gasteiger partial charge on any atom is 0.191 e. The third-order valence-electron chi connectivity index (χ3n) is 5.35. The van der Waals surface area contributed by atoms with Gasteiger partial charge in [-0.1, -0.05) is 24.3 Å². The largest absolute Gasteiger partial charge is 0.454 e. The highest BCUT2D eigenvalue weighted by Gasteiger charge is 2.34. The van der Waals surface area contributed by atoms with E-state index >= 15 is 0 Å². The third-order valence-corrected chi connectivity index (χ3v) is 5.35. The van der Waals surface area contributed by atoms with E-state index in [1.807, 2.05) is 24.3 Å². The lowest BCUT2D eigenvalue weighted by molar-refractivity contribution is 0.127.